The van der Waals surface area contributed by atoms with Crippen molar-refractivity contribution in [1.29, 1.82) is 0 Å². The van der Waals surface area contributed by atoms with Crippen molar-refractivity contribution < 1.29 is 17.9 Å². The summed E-state index contributed by atoms with van der Waals surface area (Å²) in [7, 11) is -1.58. The Kier molecular flexibility index (Phi) is 9.04. The topological polar surface area (TPSA) is 79.0 Å². The molecule has 0 spiro atoms. The number of hydrogen-bond donors (Lipinski definition) is 1. The van der Waals surface area contributed by atoms with E-state index < -0.39 is 10.0 Å². The van der Waals surface area contributed by atoms with Crippen molar-refractivity contribution in [3.8, 4) is 0 Å². The third kappa shape index (κ3) is 6.93. The number of carbonyl (C=O) groups excluding carboxylic acids is 1. The average Bonchev–Trinajstić information content (AvgIpc) is 2.54. The zero-order chi connectivity index (χ0) is 19.7. The van der Waals surface area contributed by atoms with Crippen LogP contribution in [0.15, 0.2) is 18.2 Å². The van der Waals surface area contributed by atoms with Crippen LogP contribution in [-0.2, 0) is 26.2 Å². The molecule has 0 atom stereocenters. The lowest BCUT2D eigenvalue weighted by Gasteiger charge is -2.28. The summed E-state index contributed by atoms with van der Waals surface area (Å²) < 4.78 is 30.5. The van der Waals surface area contributed by atoms with Crippen LogP contribution in [0.5, 0.6) is 0 Å². The van der Waals surface area contributed by atoms with Gasteiger partial charge in [0.1, 0.15) is 0 Å². The lowest BCUT2D eigenvalue weighted by molar-refractivity contribution is -0.116. The highest BCUT2D eigenvalue weighted by molar-refractivity contribution is 7.88. The second-order valence-corrected chi connectivity index (χ2v) is 8.00. The highest BCUT2D eigenvalue weighted by Crippen LogP contribution is 2.27. The van der Waals surface area contributed by atoms with Crippen molar-refractivity contribution in [3.63, 3.8) is 0 Å². The Bertz CT molecular complexity index is 692. The number of benzene rings is 1. The van der Waals surface area contributed by atoms with Gasteiger partial charge in [0, 0.05) is 57.2 Å². The summed E-state index contributed by atoms with van der Waals surface area (Å²) >= 11 is 0. The lowest BCUT2D eigenvalue weighted by Crippen LogP contribution is -2.35. The molecule has 148 valence electrons. The Balaban J connectivity index is 3.13. The summed E-state index contributed by atoms with van der Waals surface area (Å²) in [6.45, 7) is 8.26. The van der Waals surface area contributed by atoms with Gasteiger partial charge in [-0.15, -0.1) is 0 Å². The summed E-state index contributed by atoms with van der Waals surface area (Å²) in [5, 5.41) is 0. The van der Waals surface area contributed by atoms with Crippen LogP contribution in [0, 0.1) is 0 Å². The minimum Gasteiger partial charge on any atom is -0.380 e. The predicted molar refractivity (Wildman–Crippen MR) is 106 cm³/mol. The van der Waals surface area contributed by atoms with Gasteiger partial charge in [0.2, 0.25) is 15.9 Å². The van der Waals surface area contributed by atoms with Gasteiger partial charge in [0.25, 0.3) is 0 Å². The van der Waals surface area contributed by atoms with Crippen LogP contribution >= 0.6 is 0 Å². The molecule has 0 saturated carbocycles. The SMILES string of the molecule is CCCN(CCNS(C)(=O)=O)c1ccc(N(CC)C(C)=O)cc1COC. The maximum atomic E-state index is 11.8. The largest absolute Gasteiger partial charge is 0.380 e. The molecule has 1 rings (SSSR count). The lowest BCUT2D eigenvalue weighted by atomic mass is 10.1. The van der Waals surface area contributed by atoms with E-state index in [1.54, 1.807) is 18.9 Å². The third-order valence-corrected chi connectivity index (χ3v) is 4.68. The summed E-state index contributed by atoms with van der Waals surface area (Å²) in [4.78, 5) is 15.7. The first-order valence-corrected chi connectivity index (χ1v) is 10.7. The number of ether oxygens (including phenoxy) is 1. The van der Waals surface area contributed by atoms with Gasteiger partial charge in [-0.2, -0.15) is 0 Å². The van der Waals surface area contributed by atoms with Gasteiger partial charge in [-0.25, -0.2) is 13.1 Å². The summed E-state index contributed by atoms with van der Waals surface area (Å²) in [5.41, 5.74) is 2.80. The van der Waals surface area contributed by atoms with Gasteiger partial charge in [-0.05, 0) is 31.5 Å². The molecule has 0 aliphatic carbocycles. The number of rotatable bonds is 11. The molecule has 0 aromatic heterocycles. The van der Waals surface area contributed by atoms with Crippen molar-refractivity contribution in [2.75, 3.05) is 49.3 Å². The van der Waals surface area contributed by atoms with Crippen molar-refractivity contribution >= 4 is 27.3 Å². The molecule has 0 bridgehead atoms. The standard InChI is InChI=1S/C18H31N3O4S/c1-6-11-20(12-10-19-26(5,23)24)18-9-8-17(13-16(18)14-25-4)21(7-2)15(3)22/h8-9,13,19H,6-7,10-12,14H2,1-5H3. The van der Waals surface area contributed by atoms with Gasteiger partial charge in [-0.1, -0.05) is 6.92 Å². The summed E-state index contributed by atoms with van der Waals surface area (Å²) in [6.07, 6.45) is 2.09. The second kappa shape index (κ2) is 10.5. The highest BCUT2D eigenvalue weighted by atomic mass is 32.2. The van der Waals surface area contributed by atoms with Crippen LogP contribution in [0.25, 0.3) is 0 Å². The van der Waals surface area contributed by atoms with E-state index in [9.17, 15) is 13.2 Å². The zero-order valence-electron chi connectivity index (χ0n) is 16.4. The fourth-order valence-electron chi connectivity index (χ4n) is 2.90. The van der Waals surface area contributed by atoms with Crippen molar-refractivity contribution in [3.05, 3.63) is 23.8 Å². The molecule has 7 nitrogen and oxygen atoms in total. The Morgan fingerprint density at radius 3 is 2.42 bits per heavy atom. The summed E-state index contributed by atoms with van der Waals surface area (Å²) in [5.74, 6) is -0.00798. The van der Waals surface area contributed by atoms with E-state index in [4.69, 9.17) is 4.74 Å². The molecule has 0 unspecified atom stereocenters. The van der Waals surface area contributed by atoms with Gasteiger partial charge in [-0.3, -0.25) is 4.79 Å². The first-order chi connectivity index (χ1) is 12.2. The first-order valence-electron chi connectivity index (χ1n) is 8.83. The number of hydrogen-bond acceptors (Lipinski definition) is 5. The molecule has 1 N–H and O–H groups in total. The van der Waals surface area contributed by atoms with Gasteiger partial charge >= 0.3 is 0 Å². The quantitative estimate of drug-likeness (QED) is 0.630. The average molecular weight is 386 g/mol. The van der Waals surface area contributed by atoms with E-state index in [1.165, 1.54) is 0 Å². The number of methoxy groups -OCH3 is 1. The molecule has 0 heterocycles. The van der Waals surface area contributed by atoms with Crippen LogP contribution in [-0.4, -0.2) is 53.9 Å². The van der Waals surface area contributed by atoms with E-state index >= 15 is 0 Å². The molecule has 1 aromatic rings. The molecule has 1 amide bonds. The van der Waals surface area contributed by atoms with Crippen molar-refractivity contribution in [2.45, 2.75) is 33.8 Å². The van der Waals surface area contributed by atoms with Crippen molar-refractivity contribution in [2.24, 2.45) is 0 Å². The molecule has 0 saturated heterocycles. The fourth-order valence-corrected chi connectivity index (χ4v) is 3.36. The van der Waals surface area contributed by atoms with Crippen LogP contribution < -0.4 is 14.5 Å². The van der Waals surface area contributed by atoms with Crippen molar-refractivity contribution in [1.82, 2.24) is 4.72 Å². The Morgan fingerprint density at radius 1 is 1.23 bits per heavy atom. The first kappa shape index (κ1) is 22.4. The second-order valence-electron chi connectivity index (χ2n) is 6.16. The van der Waals surface area contributed by atoms with E-state index in [0.717, 1.165) is 36.2 Å². The van der Waals surface area contributed by atoms with Crippen LogP contribution in [0.2, 0.25) is 0 Å². The molecule has 8 heteroatoms. The van der Waals surface area contributed by atoms with Crippen LogP contribution in [0.1, 0.15) is 32.8 Å². The minimum absolute atomic E-state index is 0.00798. The molecule has 0 aliphatic rings. The molecule has 1 aromatic carbocycles. The number of amides is 1. The smallest absolute Gasteiger partial charge is 0.223 e. The number of sulfonamides is 1. The van der Waals surface area contributed by atoms with Crippen LogP contribution in [0.3, 0.4) is 0 Å². The van der Waals surface area contributed by atoms with Gasteiger partial charge in [0.05, 0.1) is 12.9 Å². The normalized spacial score (nSPS) is 11.4. The monoisotopic (exact) mass is 385 g/mol. The molecular weight excluding hydrogens is 354 g/mol. The van der Waals surface area contributed by atoms with Crippen LogP contribution in [0.4, 0.5) is 11.4 Å². The third-order valence-electron chi connectivity index (χ3n) is 3.95. The summed E-state index contributed by atoms with van der Waals surface area (Å²) in [6, 6.07) is 5.87. The molecule has 0 aliphatic heterocycles. The van der Waals surface area contributed by atoms with Gasteiger partial charge in [0.15, 0.2) is 0 Å². The number of anilines is 2. The molecule has 26 heavy (non-hydrogen) atoms. The number of nitrogens with one attached hydrogen (secondary N) is 1. The fraction of sp³-hybridized carbons (Fsp3) is 0.611. The molecular formula is C18H31N3O4S. The minimum atomic E-state index is -3.21. The van der Waals surface area contributed by atoms with E-state index in [1.807, 2.05) is 25.1 Å². The van der Waals surface area contributed by atoms with E-state index in [2.05, 4.69) is 16.5 Å². The number of carbonyl (C=O) groups is 1. The van der Waals surface area contributed by atoms with Gasteiger partial charge < -0.3 is 14.5 Å². The molecule has 0 fully saturated rings. The van der Waals surface area contributed by atoms with E-state index in [-0.39, 0.29) is 5.91 Å². The maximum Gasteiger partial charge on any atom is 0.223 e. The molecule has 0 radical (unpaired) electrons. The predicted octanol–water partition coefficient (Wildman–Crippen LogP) is 1.97. The Labute approximate surface area is 157 Å². The Morgan fingerprint density at radius 2 is 1.92 bits per heavy atom. The maximum absolute atomic E-state index is 11.8. The number of nitrogens with zero attached hydrogens (tertiary/aromatic N) is 2. The zero-order valence-corrected chi connectivity index (χ0v) is 17.2. The Hall–Kier alpha value is -1.64. The van der Waals surface area contributed by atoms with E-state index in [0.29, 0.717) is 26.2 Å². The highest BCUT2D eigenvalue weighted by Gasteiger charge is 2.16.